The van der Waals surface area contributed by atoms with Crippen molar-refractivity contribution < 1.29 is 0 Å². The van der Waals surface area contributed by atoms with Gasteiger partial charge in [-0.2, -0.15) is 0 Å². The third-order valence-corrected chi connectivity index (χ3v) is 9.62. The lowest BCUT2D eigenvalue weighted by molar-refractivity contribution is 1.25. The zero-order valence-electron chi connectivity index (χ0n) is 30.0. The predicted molar refractivity (Wildman–Crippen MR) is 231 cm³/mol. The normalized spacial score (nSPS) is 11.0. The Labute approximate surface area is 318 Å². The van der Waals surface area contributed by atoms with Crippen LogP contribution in [0.4, 0.5) is 34.1 Å². The highest BCUT2D eigenvalue weighted by atomic mass is 15.2. The largest absolute Gasteiger partial charge is 0.311 e. The van der Waals surface area contributed by atoms with Crippen LogP contribution >= 0.6 is 0 Å². The molecule has 0 amide bonds. The minimum Gasteiger partial charge on any atom is -0.311 e. The lowest BCUT2D eigenvalue weighted by Crippen LogP contribution is -2.12. The van der Waals surface area contributed by atoms with Gasteiger partial charge in [0.05, 0.1) is 0 Å². The molecule has 0 aliphatic rings. The van der Waals surface area contributed by atoms with Crippen molar-refractivity contribution in [2.24, 2.45) is 0 Å². The molecule has 0 spiro atoms. The molecule has 0 unspecified atom stereocenters. The van der Waals surface area contributed by atoms with Gasteiger partial charge in [-0.15, -0.1) is 0 Å². The van der Waals surface area contributed by atoms with Crippen molar-refractivity contribution in [3.63, 3.8) is 0 Å². The summed E-state index contributed by atoms with van der Waals surface area (Å²) < 4.78 is 0. The third-order valence-electron chi connectivity index (χ3n) is 9.62. The molecule has 0 bridgehead atoms. The number of nitrogens with zero attached hydrogens (tertiary/aromatic N) is 2. The van der Waals surface area contributed by atoms with E-state index in [0.717, 1.165) is 39.7 Å². The highest BCUT2D eigenvalue weighted by molar-refractivity contribution is 5.83. The average Bonchev–Trinajstić information content (AvgIpc) is 3.25. The molecule has 0 aliphatic carbocycles. The maximum Gasteiger partial charge on any atom is 0.0467 e. The molecule has 0 aromatic heterocycles. The minimum absolute atomic E-state index is 1.07. The molecule has 0 atom stereocenters. The number of para-hydroxylation sites is 1. The Bertz CT molecular complexity index is 2450. The Morgan fingerprint density at radius 3 is 1.04 bits per heavy atom. The van der Waals surface area contributed by atoms with Crippen LogP contribution in [0.2, 0.25) is 0 Å². The lowest BCUT2D eigenvalue weighted by Gasteiger charge is -2.28. The summed E-state index contributed by atoms with van der Waals surface area (Å²) in [6, 6.07) is 75.5. The zero-order chi connectivity index (χ0) is 36.5. The van der Waals surface area contributed by atoms with E-state index in [-0.39, 0.29) is 0 Å². The number of allylic oxidation sites excluding steroid dienone is 2. The molecule has 0 fully saturated rings. The molecule has 2 heteroatoms. The summed E-state index contributed by atoms with van der Waals surface area (Å²) in [5.41, 5.74) is 14.8. The first kappa shape index (κ1) is 34.0. The number of rotatable bonds is 11. The molecule has 8 rings (SSSR count). The molecule has 258 valence electrons. The summed E-state index contributed by atoms with van der Waals surface area (Å²) in [4.78, 5) is 4.63. The van der Waals surface area contributed by atoms with Crippen LogP contribution in [0.15, 0.2) is 231 Å². The van der Waals surface area contributed by atoms with Gasteiger partial charge in [-0.1, -0.05) is 164 Å². The number of anilines is 6. The number of hydrogen-bond donors (Lipinski definition) is 0. The lowest BCUT2D eigenvalue weighted by atomic mass is 10.00. The maximum absolute atomic E-state index is 3.84. The molecule has 2 nitrogen and oxygen atoms in total. The van der Waals surface area contributed by atoms with Crippen LogP contribution in [0, 0.1) is 0 Å². The van der Waals surface area contributed by atoms with Crippen molar-refractivity contribution in [2.75, 3.05) is 9.80 Å². The summed E-state index contributed by atoms with van der Waals surface area (Å²) in [5, 5.41) is 0. The van der Waals surface area contributed by atoms with Crippen LogP contribution in [0.5, 0.6) is 0 Å². The van der Waals surface area contributed by atoms with E-state index in [1.54, 1.807) is 6.08 Å². The molecule has 8 aromatic rings. The first-order chi connectivity index (χ1) is 26.7. The Hall–Kier alpha value is -7.16. The van der Waals surface area contributed by atoms with E-state index in [1.807, 2.05) is 6.08 Å². The average molecular weight is 693 g/mol. The fraction of sp³-hybridized carbons (Fsp3) is 0. The number of benzene rings is 8. The van der Waals surface area contributed by atoms with Gasteiger partial charge in [0, 0.05) is 34.1 Å². The van der Waals surface area contributed by atoms with Gasteiger partial charge in [-0.3, -0.25) is 0 Å². The second kappa shape index (κ2) is 16.0. The van der Waals surface area contributed by atoms with Gasteiger partial charge >= 0.3 is 0 Å². The first-order valence-electron chi connectivity index (χ1n) is 18.3. The van der Waals surface area contributed by atoms with Crippen LogP contribution in [-0.4, -0.2) is 0 Å². The smallest absolute Gasteiger partial charge is 0.0467 e. The van der Waals surface area contributed by atoms with Gasteiger partial charge in [0.2, 0.25) is 0 Å². The summed E-state index contributed by atoms with van der Waals surface area (Å²) in [6.45, 7) is 3.84. The van der Waals surface area contributed by atoms with Gasteiger partial charge in [-0.05, 0) is 112 Å². The van der Waals surface area contributed by atoms with Crippen LogP contribution in [-0.2, 0) is 0 Å². The van der Waals surface area contributed by atoms with E-state index in [2.05, 4.69) is 235 Å². The van der Waals surface area contributed by atoms with E-state index in [1.165, 1.54) is 33.4 Å². The quantitative estimate of drug-likeness (QED) is 0.125. The number of hydrogen-bond acceptors (Lipinski definition) is 2. The molecule has 8 aromatic carbocycles. The molecular weight excluding hydrogens is 653 g/mol. The van der Waals surface area contributed by atoms with Crippen LogP contribution < -0.4 is 9.80 Å². The molecule has 0 saturated heterocycles. The zero-order valence-corrected chi connectivity index (χ0v) is 30.0. The fourth-order valence-electron chi connectivity index (χ4n) is 6.89. The molecule has 0 N–H and O–H groups in total. The summed E-state index contributed by atoms with van der Waals surface area (Å²) in [7, 11) is 0. The molecule has 0 aliphatic heterocycles. The minimum atomic E-state index is 1.07. The van der Waals surface area contributed by atoms with Crippen molar-refractivity contribution >= 4 is 40.2 Å². The maximum atomic E-state index is 3.84. The van der Waals surface area contributed by atoms with Crippen molar-refractivity contribution in [3.8, 4) is 33.4 Å². The second-order valence-corrected chi connectivity index (χ2v) is 13.1. The standard InChI is InChI=1S/C52H40N2/c1-2-3-14-40-15-13-22-52(39-40)54(47-20-11-6-12-21-47)51-37-35-50(36-38-51)53(48-31-27-45(28-32-48)42-18-9-5-10-19-42)49-33-29-46(30-34-49)44-25-23-43(24-26-44)41-16-7-4-8-17-41/h2-39H,1H2. The van der Waals surface area contributed by atoms with Crippen LogP contribution in [0.25, 0.3) is 39.5 Å². The summed E-state index contributed by atoms with van der Waals surface area (Å²) in [6.07, 6.45) is 5.85. The van der Waals surface area contributed by atoms with Crippen LogP contribution in [0.1, 0.15) is 5.56 Å². The van der Waals surface area contributed by atoms with Gasteiger partial charge in [0.15, 0.2) is 0 Å². The van der Waals surface area contributed by atoms with E-state index >= 15 is 0 Å². The Kier molecular flexibility index (Phi) is 10.1. The second-order valence-electron chi connectivity index (χ2n) is 13.1. The fourth-order valence-corrected chi connectivity index (χ4v) is 6.89. The first-order valence-corrected chi connectivity index (χ1v) is 18.3. The van der Waals surface area contributed by atoms with E-state index in [4.69, 9.17) is 0 Å². The predicted octanol–water partition coefficient (Wildman–Crippen LogP) is 14.8. The Morgan fingerprint density at radius 1 is 0.296 bits per heavy atom. The van der Waals surface area contributed by atoms with Crippen molar-refractivity contribution in [1.29, 1.82) is 0 Å². The monoisotopic (exact) mass is 692 g/mol. The van der Waals surface area contributed by atoms with Gasteiger partial charge < -0.3 is 9.80 Å². The third kappa shape index (κ3) is 7.55. The summed E-state index contributed by atoms with van der Waals surface area (Å²) >= 11 is 0. The molecule has 54 heavy (non-hydrogen) atoms. The van der Waals surface area contributed by atoms with Crippen molar-refractivity contribution in [1.82, 2.24) is 0 Å². The Balaban J connectivity index is 1.15. The molecule has 0 heterocycles. The van der Waals surface area contributed by atoms with Crippen molar-refractivity contribution in [3.05, 3.63) is 237 Å². The molecule has 0 radical (unpaired) electrons. The van der Waals surface area contributed by atoms with Crippen molar-refractivity contribution in [2.45, 2.75) is 0 Å². The summed E-state index contributed by atoms with van der Waals surface area (Å²) in [5.74, 6) is 0. The van der Waals surface area contributed by atoms with Gasteiger partial charge in [0.1, 0.15) is 0 Å². The van der Waals surface area contributed by atoms with E-state index < -0.39 is 0 Å². The topological polar surface area (TPSA) is 6.48 Å². The SMILES string of the molecule is C=CC=Cc1cccc(N(c2ccccc2)c2ccc(N(c3ccc(-c4ccccc4)cc3)c3ccc(-c4ccc(-c5ccccc5)cc4)cc3)cc2)c1. The highest BCUT2D eigenvalue weighted by Gasteiger charge is 2.17. The molecular formula is C52H40N2. The van der Waals surface area contributed by atoms with E-state index in [9.17, 15) is 0 Å². The van der Waals surface area contributed by atoms with E-state index in [0.29, 0.717) is 0 Å². The molecule has 0 saturated carbocycles. The van der Waals surface area contributed by atoms with Gasteiger partial charge in [0.25, 0.3) is 0 Å². The highest BCUT2D eigenvalue weighted by Crippen LogP contribution is 2.40. The Morgan fingerprint density at radius 2 is 0.611 bits per heavy atom. The van der Waals surface area contributed by atoms with Gasteiger partial charge in [-0.25, -0.2) is 0 Å². The van der Waals surface area contributed by atoms with Crippen LogP contribution in [0.3, 0.4) is 0 Å².